The molecule has 1 saturated heterocycles. The van der Waals surface area contributed by atoms with Crippen molar-refractivity contribution in [2.45, 2.75) is 32.6 Å². The highest BCUT2D eigenvalue weighted by atomic mass is 16.2. The molecule has 2 aromatic rings. The number of hydrogen-bond acceptors (Lipinski definition) is 6. The van der Waals surface area contributed by atoms with Gasteiger partial charge in [-0.05, 0) is 63.1 Å². The number of amides is 1. The Morgan fingerprint density at radius 1 is 1.31 bits per heavy atom. The van der Waals surface area contributed by atoms with Gasteiger partial charge in [0.05, 0.1) is 0 Å². The Bertz CT molecular complexity index is 1210. The summed E-state index contributed by atoms with van der Waals surface area (Å²) in [5.74, 6) is 0.678. The average molecular weight is 475 g/mol. The summed E-state index contributed by atoms with van der Waals surface area (Å²) in [7, 11) is 3.92. The van der Waals surface area contributed by atoms with Crippen molar-refractivity contribution in [1.82, 2.24) is 14.9 Å². The number of hydrogen-bond donors (Lipinski definition) is 3. The summed E-state index contributed by atoms with van der Waals surface area (Å²) in [4.78, 5) is 37.5. The fourth-order valence-corrected chi connectivity index (χ4v) is 4.09. The molecule has 1 aliphatic heterocycles. The predicted octanol–water partition coefficient (Wildman–Crippen LogP) is 4.30. The first-order valence-electron chi connectivity index (χ1n) is 11.7. The molecule has 8 heteroatoms. The topological polar surface area (TPSA) is 105 Å². The molecule has 8 nitrogen and oxygen atoms in total. The summed E-state index contributed by atoms with van der Waals surface area (Å²) in [6.45, 7) is 8.39. The van der Waals surface area contributed by atoms with Crippen LogP contribution in [0, 0.1) is 5.41 Å². The maximum absolute atomic E-state index is 13.2. The van der Waals surface area contributed by atoms with Crippen molar-refractivity contribution in [2.75, 3.05) is 37.4 Å². The number of piperidine rings is 1. The number of H-pyrrole nitrogens is 1. The fourth-order valence-electron chi connectivity index (χ4n) is 4.09. The summed E-state index contributed by atoms with van der Waals surface area (Å²) in [6, 6.07) is 7.56. The minimum Gasteiger partial charge on any atom is -0.378 e. The maximum Gasteiger partial charge on any atom is 0.262 e. The Labute approximate surface area is 206 Å². The van der Waals surface area contributed by atoms with Gasteiger partial charge in [-0.3, -0.25) is 9.59 Å². The largest absolute Gasteiger partial charge is 0.378 e. The van der Waals surface area contributed by atoms with E-state index in [4.69, 9.17) is 10.4 Å². The van der Waals surface area contributed by atoms with Crippen molar-refractivity contribution in [3.8, 4) is 0 Å². The summed E-state index contributed by atoms with van der Waals surface area (Å²) in [5.41, 5.74) is 2.26. The molecular formula is C27H34N6O2. The molecule has 3 N–H and O–H groups in total. The number of aromatic amines is 1. The van der Waals surface area contributed by atoms with Gasteiger partial charge >= 0.3 is 0 Å². The third-order valence-corrected chi connectivity index (χ3v) is 5.99. The number of likely N-dealkylation sites (tertiary alicyclic amines) is 1. The lowest BCUT2D eigenvalue weighted by atomic mass is 9.96. The van der Waals surface area contributed by atoms with Crippen LogP contribution in [0.5, 0.6) is 0 Å². The van der Waals surface area contributed by atoms with Gasteiger partial charge in [-0.15, -0.1) is 0 Å². The summed E-state index contributed by atoms with van der Waals surface area (Å²) in [6.07, 6.45) is 8.80. The first-order valence-corrected chi connectivity index (χ1v) is 11.7. The van der Waals surface area contributed by atoms with Gasteiger partial charge in [-0.1, -0.05) is 18.7 Å². The summed E-state index contributed by atoms with van der Waals surface area (Å²) >= 11 is 0. The van der Waals surface area contributed by atoms with Crippen LogP contribution < -0.4 is 15.8 Å². The van der Waals surface area contributed by atoms with E-state index in [1.165, 1.54) is 0 Å². The third-order valence-electron chi connectivity index (χ3n) is 5.99. The highest BCUT2D eigenvalue weighted by Gasteiger charge is 2.28. The van der Waals surface area contributed by atoms with Crippen LogP contribution in [0.3, 0.4) is 0 Å². The molecule has 1 aromatic carbocycles. The second-order valence-electron chi connectivity index (χ2n) is 8.81. The van der Waals surface area contributed by atoms with E-state index in [1.54, 1.807) is 13.0 Å². The van der Waals surface area contributed by atoms with Gasteiger partial charge in [0, 0.05) is 55.8 Å². The Hall–Kier alpha value is -3.94. The second-order valence-corrected chi connectivity index (χ2v) is 8.81. The molecule has 1 atom stereocenters. The van der Waals surface area contributed by atoms with Crippen LogP contribution in [-0.4, -0.2) is 53.7 Å². The first-order chi connectivity index (χ1) is 16.7. The molecule has 0 aliphatic carbocycles. The summed E-state index contributed by atoms with van der Waals surface area (Å²) < 4.78 is 0. The number of anilines is 2. The molecule has 1 amide bonds. The third kappa shape index (κ3) is 6.15. The van der Waals surface area contributed by atoms with Gasteiger partial charge in [0.1, 0.15) is 17.2 Å². The zero-order valence-electron chi connectivity index (χ0n) is 20.9. The fraction of sp³-hybridized carbons (Fsp3) is 0.333. The Morgan fingerprint density at radius 3 is 2.63 bits per heavy atom. The monoisotopic (exact) mass is 474 g/mol. The van der Waals surface area contributed by atoms with Gasteiger partial charge in [0.2, 0.25) is 0 Å². The van der Waals surface area contributed by atoms with Crippen LogP contribution in [0.15, 0.2) is 65.6 Å². The predicted molar refractivity (Wildman–Crippen MR) is 143 cm³/mol. The van der Waals surface area contributed by atoms with Crippen LogP contribution in [0.25, 0.3) is 0 Å². The zero-order valence-corrected chi connectivity index (χ0v) is 20.9. The van der Waals surface area contributed by atoms with E-state index in [0.717, 1.165) is 18.5 Å². The lowest BCUT2D eigenvalue weighted by molar-refractivity contribution is 0.0704. The first kappa shape index (κ1) is 25.7. The number of rotatable bonds is 8. The van der Waals surface area contributed by atoms with Crippen LogP contribution in [-0.2, 0) is 0 Å². The molecular weight excluding hydrogens is 440 g/mol. The molecule has 0 radical (unpaired) electrons. The lowest BCUT2D eigenvalue weighted by Crippen LogP contribution is -2.40. The minimum absolute atomic E-state index is 0.0316. The number of allylic oxidation sites excluding steroid dienone is 4. The highest BCUT2D eigenvalue weighted by Crippen LogP contribution is 2.27. The molecule has 35 heavy (non-hydrogen) atoms. The number of carbonyl (C=O) groups excluding carboxylic acids is 1. The molecule has 184 valence electrons. The molecule has 3 rings (SSSR count). The lowest BCUT2D eigenvalue weighted by Gasteiger charge is -2.32. The Balaban J connectivity index is 1.89. The van der Waals surface area contributed by atoms with Gasteiger partial charge < -0.3 is 25.5 Å². The van der Waals surface area contributed by atoms with Crippen molar-refractivity contribution in [1.29, 1.82) is 5.41 Å². The van der Waals surface area contributed by atoms with E-state index in [1.807, 2.05) is 73.3 Å². The van der Waals surface area contributed by atoms with Crippen molar-refractivity contribution in [2.24, 2.45) is 0 Å². The van der Waals surface area contributed by atoms with E-state index in [-0.39, 0.29) is 28.7 Å². The SMILES string of the molecule is C=C/C(=C\C=C/C)Nc1nc(C2CCCN(C(=O)c3ccc(N(C)C)cc3)C2)[nH]c(=O)c1C(C)=N. The minimum atomic E-state index is -0.373. The second kappa shape index (κ2) is 11.5. The summed E-state index contributed by atoms with van der Waals surface area (Å²) in [5, 5.41) is 11.2. The van der Waals surface area contributed by atoms with Gasteiger partial charge in [-0.25, -0.2) is 4.98 Å². The molecule has 1 aromatic heterocycles. The van der Waals surface area contributed by atoms with E-state index in [0.29, 0.717) is 36.0 Å². The van der Waals surface area contributed by atoms with E-state index < -0.39 is 0 Å². The van der Waals surface area contributed by atoms with E-state index >= 15 is 0 Å². The van der Waals surface area contributed by atoms with E-state index in [9.17, 15) is 9.59 Å². The highest BCUT2D eigenvalue weighted by molar-refractivity contribution is 6.00. The van der Waals surface area contributed by atoms with Crippen LogP contribution in [0.4, 0.5) is 11.5 Å². The molecule has 0 saturated carbocycles. The number of carbonyl (C=O) groups is 1. The number of benzene rings is 1. The van der Waals surface area contributed by atoms with Gasteiger partial charge in [0.25, 0.3) is 11.5 Å². The standard InChI is InChI=1S/C27H34N6O2/c1-6-8-11-21(7-2)29-25-23(18(3)28)26(34)31-24(30-25)20-10-9-16-33(17-20)27(35)19-12-14-22(15-13-19)32(4)5/h6-8,11-15,20,28H,2,9-10,16-17H2,1,3-5H3,(H2,29,30,31,34)/b8-6-,21-11+,28-18?. The van der Waals surface area contributed by atoms with Crippen LogP contribution >= 0.6 is 0 Å². The zero-order chi connectivity index (χ0) is 25.5. The Morgan fingerprint density at radius 2 is 2.03 bits per heavy atom. The molecule has 0 spiro atoms. The maximum atomic E-state index is 13.2. The quantitative estimate of drug-likeness (QED) is 0.391. The van der Waals surface area contributed by atoms with Gasteiger partial charge in [-0.2, -0.15) is 0 Å². The Kier molecular flexibility index (Phi) is 8.41. The molecule has 0 bridgehead atoms. The van der Waals surface area contributed by atoms with Crippen molar-refractivity contribution < 1.29 is 4.79 Å². The normalized spacial score (nSPS) is 16.3. The van der Waals surface area contributed by atoms with Gasteiger partial charge in [0.15, 0.2) is 0 Å². The molecule has 1 unspecified atom stereocenters. The number of aromatic nitrogens is 2. The molecule has 1 aliphatic rings. The van der Waals surface area contributed by atoms with E-state index in [2.05, 4.69) is 16.9 Å². The number of nitrogens with zero attached hydrogens (tertiary/aromatic N) is 3. The average Bonchev–Trinajstić information content (AvgIpc) is 2.85. The van der Waals surface area contributed by atoms with Crippen molar-refractivity contribution in [3.63, 3.8) is 0 Å². The van der Waals surface area contributed by atoms with Crippen molar-refractivity contribution >= 4 is 23.1 Å². The number of nitrogens with one attached hydrogen (secondary N) is 3. The van der Waals surface area contributed by atoms with Crippen LogP contribution in [0.2, 0.25) is 0 Å². The van der Waals surface area contributed by atoms with Crippen LogP contribution in [0.1, 0.15) is 54.4 Å². The molecule has 1 fully saturated rings. The molecule has 2 heterocycles. The smallest absolute Gasteiger partial charge is 0.262 e. The van der Waals surface area contributed by atoms with Crippen molar-refractivity contribution in [3.05, 3.63) is 88.2 Å².